The molecular formula is C56H57N3O. The van der Waals surface area contributed by atoms with Crippen LogP contribution in [0.4, 0.5) is 0 Å². The number of aromatic nitrogens is 3. The van der Waals surface area contributed by atoms with Crippen LogP contribution in [0.25, 0.3) is 72.7 Å². The third-order valence-corrected chi connectivity index (χ3v) is 11.8. The number of aromatic hydroxyl groups is 1. The first kappa shape index (κ1) is 40.5. The lowest BCUT2D eigenvalue weighted by molar-refractivity contribution is 0.472. The lowest BCUT2D eigenvalue weighted by Gasteiger charge is -2.24. The van der Waals surface area contributed by atoms with Crippen LogP contribution in [-0.2, 0) is 16.2 Å². The molecule has 2 aromatic heterocycles. The molecule has 0 bridgehead atoms. The summed E-state index contributed by atoms with van der Waals surface area (Å²) in [6.07, 6.45) is 1.91. The first-order chi connectivity index (χ1) is 28.4. The Balaban J connectivity index is 1.42. The number of fused-ring (bicyclic) bond motifs is 1. The van der Waals surface area contributed by atoms with Gasteiger partial charge >= 0.3 is 0 Å². The van der Waals surface area contributed by atoms with Crippen molar-refractivity contribution in [3.05, 3.63) is 167 Å². The Kier molecular flexibility index (Phi) is 10.2. The summed E-state index contributed by atoms with van der Waals surface area (Å²) >= 11 is 0. The number of aryl methyl sites for hydroxylation is 2. The normalized spacial score (nSPS) is 12.3. The van der Waals surface area contributed by atoms with Crippen molar-refractivity contribution in [1.82, 2.24) is 14.5 Å². The van der Waals surface area contributed by atoms with E-state index in [1.54, 1.807) is 0 Å². The molecule has 4 nitrogen and oxygen atoms in total. The maximum Gasteiger partial charge on any atom is 0.149 e. The van der Waals surface area contributed by atoms with Gasteiger partial charge in [0.25, 0.3) is 0 Å². The highest BCUT2D eigenvalue weighted by Crippen LogP contribution is 2.43. The molecule has 8 aromatic rings. The maximum absolute atomic E-state index is 11.8. The van der Waals surface area contributed by atoms with Crippen molar-refractivity contribution in [1.29, 1.82) is 0 Å². The molecule has 0 atom stereocenters. The molecule has 0 saturated heterocycles. The molecule has 6 aromatic carbocycles. The third-order valence-electron chi connectivity index (χ3n) is 11.8. The van der Waals surface area contributed by atoms with Crippen LogP contribution in [-0.4, -0.2) is 19.6 Å². The lowest BCUT2D eigenvalue weighted by atomic mass is 9.83. The number of nitrogens with zero attached hydrogens (tertiary/aromatic N) is 3. The number of para-hydroxylation sites is 1. The molecule has 0 unspecified atom stereocenters. The zero-order valence-corrected chi connectivity index (χ0v) is 37.1. The Hall–Kier alpha value is -6.26. The molecule has 0 fully saturated rings. The Morgan fingerprint density at radius 1 is 0.483 bits per heavy atom. The maximum atomic E-state index is 11.8. The SMILES string of the molecule is Cc1cc(C)c(O)c(-c2nc3c(-c4cc(-c5cc(-c6ccccc6)ccn5)cc(C(C)(C)C)c4)cccc3n2-c2ccc(C(C)(C)C)cc2-c2ccc(C(C)(C)C)cc2)c1. The van der Waals surface area contributed by atoms with Crippen LogP contribution >= 0.6 is 0 Å². The van der Waals surface area contributed by atoms with E-state index < -0.39 is 0 Å². The second kappa shape index (κ2) is 15.1. The number of rotatable bonds is 6. The number of phenolic OH excluding ortho intramolecular Hbond substituents is 1. The highest BCUT2D eigenvalue weighted by atomic mass is 16.3. The van der Waals surface area contributed by atoms with E-state index in [1.165, 1.54) is 16.7 Å². The number of imidazole rings is 1. The molecular weight excluding hydrogens is 731 g/mol. The van der Waals surface area contributed by atoms with Crippen LogP contribution in [0.5, 0.6) is 5.75 Å². The Morgan fingerprint density at radius 3 is 1.83 bits per heavy atom. The topological polar surface area (TPSA) is 50.9 Å². The van der Waals surface area contributed by atoms with Gasteiger partial charge in [0.05, 0.1) is 28.0 Å². The molecule has 8 rings (SSSR count). The summed E-state index contributed by atoms with van der Waals surface area (Å²) in [6, 6.07) is 48.0. The molecule has 2 heterocycles. The van der Waals surface area contributed by atoms with Gasteiger partial charge in [0.2, 0.25) is 0 Å². The zero-order chi connectivity index (χ0) is 42.7. The monoisotopic (exact) mass is 787 g/mol. The van der Waals surface area contributed by atoms with Crippen molar-refractivity contribution < 1.29 is 5.11 Å². The van der Waals surface area contributed by atoms with Gasteiger partial charge in [-0.2, -0.15) is 0 Å². The van der Waals surface area contributed by atoms with Gasteiger partial charge in [-0.15, -0.1) is 0 Å². The smallest absolute Gasteiger partial charge is 0.149 e. The van der Waals surface area contributed by atoms with Crippen molar-refractivity contribution in [2.45, 2.75) is 92.4 Å². The van der Waals surface area contributed by atoms with Crippen molar-refractivity contribution in [3.63, 3.8) is 0 Å². The number of hydrogen-bond donors (Lipinski definition) is 1. The van der Waals surface area contributed by atoms with E-state index in [1.807, 2.05) is 25.3 Å². The average molecular weight is 788 g/mol. The van der Waals surface area contributed by atoms with E-state index in [2.05, 4.69) is 195 Å². The molecule has 0 saturated carbocycles. The summed E-state index contributed by atoms with van der Waals surface area (Å²) in [5.41, 5.74) is 17.6. The first-order valence-corrected chi connectivity index (χ1v) is 21.1. The van der Waals surface area contributed by atoms with Gasteiger partial charge in [0.15, 0.2) is 0 Å². The van der Waals surface area contributed by atoms with Crippen LogP contribution in [0.3, 0.4) is 0 Å². The molecule has 0 amide bonds. The minimum Gasteiger partial charge on any atom is -0.507 e. The summed E-state index contributed by atoms with van der Waals surface area (Å²) < 4.78 is 2.27. The molecule has 302 valence electrons. The first-order valence-electron chi connectivity index (χ1n) is 21.1. The minimum atomic E-state index is -0.128. The summed E-state index contributed by atoms with van der Waals surface area (Å²) in [4.78, 5) is 10.5. The molecule has 60 heavy (non-hydrogen) atoms. The number of benzene rings is 6. The van der Waals surface area contributed by atoms with Gasteiger partial charge in [-0.1, -0.05) is 147 Å². The lowest BCUT2D eigenvalue weighted by Crippen LogP contribution is -2.12. The van der Waals surface area contributed by atoms with Crippen LogP contribution in [0, 0.1) is 13.8 Å². The second-order valence-electron chi connectivity index (χ2n) is 19.6. The van der Waals surface area contributed by atoms with Crippen molar-refractivity contribution in [2.75, 3.05) is 0 Å². The Labute approximate surface area is 356 Å². The quantitative estimate of drug-likeness (QED) is 0.183. The van der Waals surface area contributed by atoms with E-state index in [0.29, 0.717) is 11.4 Å². The van der Waals surface area contributed by atoms with Gasteiger partial charge in [-0.3, -0.25) is 9.55 Å². The fourth-order valence-electron chi connectivity index (χ4n) is 8.23. The van der Waals surface area contributed by atoms with Crippen LogP contribution in [0.2, 0.25) is 0 Å². The number of pyridine rings is 1. The molecule has 4 heteroatoms. The predicted molar refractivity (Wildman–Crippen MR) is 253 cm³/mol. The van der Waals surface area contributed by atoms with Gasteiger partial charge < -0.3 is 5.11 Å². The van der Waals surface area contributed by atoms with Gasteiger partial charge in [0, 0.05) is 22.9 Å². The Morgan fingerprint density at radius 2 is 1.15 bits per heavy atom. The minimum absolute atomic E-state index is 0.0320. The second-order valence-corrected chi connectivity index (χ2v) is 19.6. The van der Waals surface area contributed by atoms with E-state index in [0.717, 1.165) is 72.5 Å². The van der Waals surface area contributed by atoms with Crippen molar-refractivity contribution >= 4 is 11.0 Å². The molecule has 0 aliphatic carbocycles. The van der Waals surface area contributed by atoms with E-state index >= 15 is 0 Å². The Bertz CT molecular complexity index is 2880. The number of phenols is 1. The molecule has 0 spiro atoms. The zero-order valence-electron chi connectivity index (χ0n) is 37.1. The average Bonchev–Trinajstić information content (AvgIpc) is 3.60. The summed E-state index contributed by atoms with van der Waals surface area (Å²) in [6.45, 7) is 24.4. The highest BCUT2D eigenvalue weighted by Gasteiger charge is 2.26. The summed E-state index contributed by atoms with van der Waals surface area (Å²) in [5.74, 6) is 0.935. The highest BCUT2D eigenvalue weighted by molar-refractivity contribution is 5.98. The summed E-state index contributed by atoms with van der Waals surface area (Å²) in [7, 11) is 0. The van der Waals surface area contributed by atoms with Crippen LogP contribution < -0.4 is 0 Å². The largest absolute Gasteiger partial charge is 0.507 e. The molecule has 0 aliphatic rings. The van der Waals surface area contributed by atoms with Crippen LogP contribution in [0.15, 0.2) is 140 Å². The van der Waals surface area contributed by atoms with Gasteiger partial charge in [-0.05, 0) is 129 Å². The number of hydrogen-bond acceptors (Lipinski definition) is 3. The fraction of sp³-hybridized carbons (Fsp3) is 0.250. The standard InChI is InChI=1S/C56H57N3O/c1-35-28-36(2)52(60)47(29-35)53-58-51-45(40-30-41(32-44(31-40)56(9,10)11)48-33-39(26-27-57-48)37-16-13-12-14-17-37)18-15-19-50(51)59(53)49-25-24-43(55(6,7)8)34-46(49)38-20-22-42(23-21-38)54(3,4)5/h12-34,60H,1-11H3. The fourth-order valence-corrected chi connectivity index (χ4v) is 8.23. The van der Waals surface area contributed by atoms with Crippen LogP contribution in [0.1, 0.15) is 90.1 Å². The predicted octanol–water partition coefficient (Wildman–Crippen LogP) is 15.0. The summed E-state index contributed by atoms with van der Waals surface area (Å²) in [5, 5.41) is 11.8. The van der Waals surface area contributed by atoms with Gasteiger partial charge in [-0.25, -0.2) is 4.98 Å². The van der Waals surface area contributed by atoms with E-state index in [9.17, 15) is 5.11 Å². The van der Waals surface area contributed by atoms with Crippen molar-refractivity contribution in [2.24, 2.45) is 0 Å². The molecule has 0 radical (unpaired) electrons. The van der Waals surface area contributed by atoms with E-state index in [4.69, 9.17) is 9.97 Å². The van der Waals surface area contributed by atoms with E-state index in [-0.39, 0.29) is 22.0 Å². The molecule has 0 aliphatic heterocycles. The van der Waals surface area contributed by atoms with Gasteiger partial charge in [0.1, 0.15) is 11.6 Å². The third kappa shape index (κ3) is 7.79. The van der Waals surface area contributed by atoms with Crippen molar-refractivity contribution in [3.8, 4) is 67.5 Å². The molecule has 1 N–H and O–H groups in total.